The second-order valence-corrected chi connectivity index (χ2v) is 6.88. The average Bonchev–Trinajstić information content (AvgIpc) is 2.73. The first-order chi connectivity index (χ1) is 10.7. The lowest BCUT2D eigenvalue weighted by Gasteiger charge is -2.41. The van der Waals surface area contributed by atoms with Gasteiger partial charge in [-0.05, 0) is 49.4 Å². The summed E-state index contributed by atoms with van der Waals surface area (Å²) in [5, 5.41) is 14.4. The number of carboxylic acid groups (broad SMARTS) is 1. The van der Waals surface area contributed by atoms with Crippen molar-refractivity contribution < 1.29 is 19.4 Å². The zero-order valence-corrected chi connectivity index (χ0v) is 14.1. The van der Waals surface area contributed by atoms with Crippen LogP contribution in [0.2, 0.25) is 0 Å². The molecule has 1 fully saturated rings. The Balaban J connectivity index is 2.11. The fourth-order valence-corrected chi connectivity index (χ4v) is 3.36. The minimum atomic E-state index is -1.08. The fourth-order valence-electron chi connectivity index (χ4n) is 3.36. The highest BCUT2D eigenvalue weighted by Gasteiger charge is 2.54. The first kappa shape index (κ1) is 17.3. The van der Waals surface area contributed by atoms with Gasteiger partial charge < -0.3 is 20.0 Å². The molecule has 0 bridgehead atoms. The maximum Gasteiger partial charge on any atom is 0.228 e. The van der Waals surface area contributed by atoms with E-state index < -0.39 is 16.8 Å². The van der Waals surface area contributed by atoms with Crippen LogP contribution in [0.4, 0.5) is 5.69 Å². The third kappa shape index (κ3) is 3.05. The van der Waals surface area contributed by atoms with E-state index in [0.717, 1.165) is 5.75 Å². The van der Waals surface area contributed by atoms with Gasteiger partial charge in [-0.2, -0.15) is 0 Å². The predicted molar refractivity (Wildman–Crippen MR) is 85.9 cm³/mol. The van der Waals surface area contributed by atoms with Crippen molar-refractivity contribution in [2.45, 2.75) is 40.5 Å². The van der Waals surface area contributed by atoms with E-state index in [4.69, 9.17) is 4.74 Å². The van der Waals surface area contributed by atoms with Crippen LogP contribution in [-0.2, 0) is 9.59 Å². The second kappa shape index (κ2) is 6.22. The van der Waals surface area contributed by atoms with Gasteiger partial charge in [0.05, 0.1) is 6.61 Å². The van der Waals surface area contributed by atoms with Crippen LogP contribution in [0.3, 0.4) is 0 Å². The molecule has 0 radical (unpaired) electrons. The number of hydrogen-bond donors (Lipinski definition) is 1. The Labute approximate surface area is 137 Å². The van der Waals surface area contributed by atoms with Crippen molar-refractivity contribution >= 4 is 17.6 Å². The molecule has 0 saturated heterocycles. The molecular weight excluding hydrogens is 294 g/mol. The number of aliphatic carboxylic acids is 1. The SMILES string of the molecule is CCOc1ccc(NC(=O)[C@H]2CC[C@](C)(C(=O)[O-])C2(C)C)cc1. The second-order valence-electron chi connectivity index (χ2n) is 6.88. The molecule has 0 aromatic heterocycles. The number of nitrogens with one attached hydrogen (secondary N) is 1. The first-order valence-corrected chi connectivity index (χ1v) is 7.97. The van der Waals surface area contributed by atoms with Gasteiger partial charge in [0.2, 0.25) is 5.91 Å². The summed E-state index contributed by atoms with van der Waals surface area (Å²) in [6.45, 7) is 7.83. The highest BCUT2D eigenvalue weighted by molar-refractivity contribution is 5.94. The Morgan fingerprint density at radius 2 is 1.87 bits per heavy atom. The Bertz CT molecular complexity index is 594. The van der Waals surface area contributed by atoms with Gasteiger partial charge in [-0.25, -0.2) is 0 Å². The Hall–Kier alpha value is -2.04. The minimum Gasteiger partial charge on any atom is -0.550 e. The highest BCUT2D eigenvalue weighted by atomic mass is 16.5. The maximum atomic E-state index is 12.6. The Morgan fingerprint density at radius 3 is 2.35 bits per heavy atom. The number of carboxylic acids is 1. The molecule has 0 spiro atoms. The van der Waals surface area contributed by atoms with Crippen LogP contribution < -0.4 is 15.2 Å². The molecule has 0 unspecified atom stereocenters. The fraction of sp³-hybridized carbons (Fsp3) is 0.556. The van der Waals surface area contributed by atoms with Gasteiger partial charge in [0, 0.05) is 23.0 Å². The number of carbonyl (C=O) groups excluding carboxylic acids is 2. The largest absolute Gasteiger partial charge is 0.550 e. The van der Waals surface area contributed by atoms with E-state index in [1.54, 1.807) is 31.2 Å². The number of amides is 1. The van der Waals surface area contributed by atoms with Gasteiger partial charge >= 0.3 is 0 Å². The van der Waals surface area contributed by atoms with E-state index in [9.17, 15) is 14.7 Å². The van der Waals surface area contributed by atoms with Crippen molar-refractivity contribution in [3.63, 3.8) is 0 Å². The number of benzene rings is 1. The number of anilines is 1. The Morgan fingerprint density at radius 1 is 1.26 bits per heavy atom. The predicted octanol–water partition coefficient (Wildman–Crippen LogP) is 2.22. The van der Waals surface area contributed by atoms with Gasteiger partial charge in [-0.15, -0.1) is 0 Å². The summed E-state index contributed by atoms with van der Waals surface area (Å²) in [6, 6.07) is 7.15. The minimum absolute atomic E-state index is 0.149. The van der Waals surface area contributed by atoms with Gasteiger partial charge in [-0.3, -0.25) is 4.79 Å². The molecule has 1 aliphatic rings. The smallest absolute Gasteiger partial charge is 0.228 e. The summed E-state index contributed by atoms with van der Waals surface area (Å²) in [5.74, 6) is -0.851. The van der Waals surface area contributed by atoms with Crippen LogP contribution in [0.15, 0.2) is 24.3 Å². The van der Waals surface area contributed by atoms with Crippen LogP contribution in [0, 0.1) is 16.7 Å². The standard InChI is InChI=1S/C18H25NO4/c1-5-23-13-8-6-12(7-9-13)19-15(20)14-10-11-18(4,16(21)22)17(14,2)3/h6-9,14H,5,10-11H2,1-4H3,(H,19,20)(H,21,22)/p-1/t14-,18-/m1/s1. The molecule has 0 heterocycles. The molecule has 5 nitrogen and oxygen atoms in total. The van der Waals surface area contributed by atoms with E-state index in [-0.39, 0.29) is 11.8 Å². The van der Waals surface area contributed by atoms with Crippen LogP contribution in [-0.4, -0.2) is 18.5 Å². The summed E-state index contributed by atoms with van der Waals surface area (Å²) in [4.78, 5) is 24.1. The zero-order valence-electron chi connectivity index (χ0n) is 14.1. The molecule has 2 rings (SSSR count). The summed E-state index contributed by atoms with van der Waals surface area (Å²) >= 11 is 0. The molecule has 126 valence electrons. The molecule has 5 heteroatoms. The number of ether oxygens (including phenoxy) is 1. The van der Waals surface area contributed by atoms with Gasteiger partial charge in [0.25, 0.3) is 0 Å². The zero-order chi connectivity index (χ0) is 17.3. The normalized spacial score (nSPS) is 25.8. The van der Waals surface area contributed by atoms with Crippen molar-refractivity contribution in [1.29, 1.82) is 0 Å². The van der Waals surface area contributed by atoms with Crippen molar-refractivity contribution in [3.8, 4) is 5.75 Å². The molecule has 1 N–H and O–H groups in total. The number of carbonyl (C=O) groups is 2. The van der Waals surface area contributed by atoms with Crippen LogP contribution in [0.1, 0.15) is 40.5 Å². The summed E-state index contributed by atoms with van der Waals surface area (Å²) in [6.07, 6.45) is 0.990. The molecule has 2 atom stereocenters. The number of hydrogen-bond acceptors (Lipinski definition) is 4. The van der Waals surface area contributed by atoms with Crippen LogP contribution >= 0.6 is 0 Å². The lowest BCUT2D eigenvalue weighted by atomic mass is 9.65. The summed E-state index contributed by atoms with van der Waals surface area (Å²) in [5.41, 5.74) is -0.981. The van der Waals surface area contributed by atoms with Gasteiger partial charge in [0.1, 0.15) is 5.75 Å². The topological polar surface area (TPSA) is 78.5 Å². The molecule has 1 aliphatic carbocycles. The van der Waals surface area contributed by atoms with Crippen LogP contribution in [0.25, 0.3) is 0 Å². The average molecular weight is 318 g/mol. The quantitative estimate of drug-likeness (QED) is 0.903. The Kier molecular flexibility index (Phi) is 4.68. The molecule has 1 amide bonds. The summed E-state index contributed by atoms with van der Waals surface area (Å²) < 4.78 is 5.37. The van der Waals surface area contributed by atoms with Crippen molar-refractivity contribution in [1.82, 2.24) is 0 Å². The molecule has 23 heavy (non-hydrogen) atoms. The summed E-state index contributed by atoms with van der Waals surface area (Å²) in [7, 11) is 0. The van der Waals surface area contributed by atoms with Crippen molar-refractivity contribution in [2.75, 3.05) is 11.9 Å². The van der Waals surface area contributed by atoms with E-state index in [1.807, 2.05) is 20.8 Å². The highest BCUT2D eigenvalue weighted by Crippen LogP contribution is 2.55. The van der Waals surface area contributed by atoms with Crippen LogP contribution in [0.5, 0.6) is 5.75 Å². The molecule has 1 aromatic carbocycles. The molecule has 1 saturated carbocycles. The maximum absolute atomic E-state index is 12.6. The number of rotatable bonds is 5. The molecule has 0 aliphatic heterocycles. The monoisotopic (exact) mass is 318 g/mol. The van der Waals surface area contributed by atoms with Crippen molar-refractivity contribution in [2.24, 2.45) is 16.7 Å². The third-order valence-electron chi connectivity index (χ3n) is 5.43. The van der Waals surface area contributed by atoms with E-state index >= 15 is 0 Å². The first-order valence-electron chi connectivity index (χ1n) is 7.97. The van der Waals surface area contributed by atoms with E-state index in [1.165, 1.54) is 0 Å². The van der Waals surface area contributed by atoms with Gasteiger partial charge in [-0.1, -0.05) is 20.8 Å². The molecular formula is C18H24NO4-. The molecule has 1 aromatic rings. The van der Waals surface area contributed by atoms with E-state index in [2.05, 4.69) is 5.32 Å². The third-order valence-corrected chi connectivity index (χ3v) is 5.43. The van der Waals surface area contributed by atoms with Crippen molar-refractivity contribution in [3.05, 3.63) is 24.3 Å². The lowest BCUT2D eigenvalue weighted by Crippen LogP contribution is -2.49. The van der Waals surface area contributed by atoms with E-state index in [0.29, 0.717) is 25.1 Å². The lowest BCUT2D eigenvalue weighted by molar-refractivity contribution is -0.323. The van der Waals surface area contributed by atoms with Gasteiger partial charge in [0.15, 0.2) is 0 Å².